The second kappa shape index (κ2) is 8.85. The fourth-order valence-electron chi connectivity index (χ4n) is 5.94. The third-order valence-corrected chi connectivity index (χ3v) is 15.4. The molecular formula is C29H32N3PSe+. The number of hydrogen-bond acceptors (Lipinski definition) is 3. The molecule has 2 aliphatic rings. The third-order valence-electron chi connectivity index (χ3n) is 7.74. The van der Waals surface area contributed by atoms with Gasteiger partial charge in [0.2, 0.25) is 0 Å². The monoisotopic (exact) mass is 533 g/mol. The van der Waals surface area contributed by atoms with Gasteiger partial charge in [-0.15, -0.1) is 0 Å². The van der Waals surface area contributed by atoms with Crippen LogP contribution in [0.2, 0.25) is 0 Å². The Morgan fingerprint density at radius 1 is 0.588 bits per heavy atom. The molecule has 2 aliphatic heterocycles. The van der Waals surface area contributed by atoms with Crippen LogP contribution >= 0.6 is 6.40 Å². The molecule has 3 nitrogen and oxygen atoms in total. The van der Waals surface area contributed by atoms with E-state index in [4.69, 9.17) is 0 Å². The van der Waals surface area contributed by atoms with Gasteiger partial charge in [-0.25, -0.2) is 0 Å². The predicted molar refractivity (Wildman–Crippen MR) is 151 cm³/mol. The van der Waals surface area contributed by atoms with Gasteiger partial charge in [0.25, 0.3) is 0 Å². The van der Waals surface area contributed by atoms with Crippen LogP contribution in [0.4, 0.5) is 11.4 Å². The van der Waals surface area contributed by atoms with Crippen LogP contribution < -0.4 is 9.34 Å². The van der Waals surface area contributed by atoms with E-state index in [9.17, 15) is 0 Å². The summed E-state index contributed by atoms with van der Waals surface area (Å²) >= 11 is 3.82. The van der Waals surface area contributed by atoms with Gasteiger partial charge in [-0.2, -0.15) is 0 Å². The van der Waals surface area contributed by atoms with Crippen LogP contribution in [0.1, 0.15) is 32.1 Å². The standard InChI is InChI=1S/C29H32N3PSe/c1-30-26-18-16-22-12-6-8-14-24(22)28(26)29-25-15-9-7-13-23(25)17-19-27(29)31(2)33(30,34)32-20-10-4-3-5-11-21-32/h6-9,12-19H,3-5,10-11,20-21H2,1-2H3/q+1. The summed E-state index contributed by atoms with van der Waals surface area (Å²) in [6.45, 7) is 2.31. The molecule has 0 aliphatic carbocycles. The second-order valence-electron chi connectivity index (χ2n) is 9.64. The summed E-state index contributed by atoms with van der Waals surface area (Å²) in [6, 6.07) is 27.1. The second-order valence-corrected chi connectivity index (χ2v) is 15.5. The molecule has 4 aromatic rings. The van der Waals surface area contributed by atoms with Crippen LogP contribution in [0.15, 0.2) is 72.8 Å². The molecule has 1 saturated heterocycles. The Morgan fingerprint density at radius 3 is 1.53 bits per heavy atom. The van der Waals surface area contributed by atoms with Crippen LogP contribution in [-0.2, 0) is 0 Å². The molecule has 1 radical (unpaired) electrons. The molecule has 0 saturated carbocycles. The van der Waals surface area contributed by atoms with Gasteiger partial charge < -0.3 is 0 Å². The predicted octanol–water partition coefficient (Wildman–Crippen LogP) is 7.66. The van der Waals surface area contributed by atoms with Crippen molar-refractivity contribution in [3.8, 4) is 11.1 Å². The minimum atomic E-state index is -1.96. The van der Waals surface area contributed by atoms with Crippen LogP contribution in [0.25, 0.3) is 32.7 Å². The van der Waals surface area contributed by atoms with Gasteiger partial charge in [0.15, 0.2) is 0 Å². The van der Waals surface area contributed by atoms with E-state index in [-0.39, 0.29) is 0 Å². The van der Waals surface area contributed by atoms with E-state index < -0.39 is 6.40 Å². The van der Waals surface area contributed by atoms with Gasteiger partial charge in [-0.3, -0.25) is 0 Å². The van der Waals surface area contributed by atoms with Gasteiger partial charge in [0.1, 0.15) is 0 Å². The number of fused-ring (bicyclic) bond motifs is 7. The maximum absolute atomic E-state index is 3.82. The van der Waals surface area contributed by atoms with E-state index in [0.29, 0.717) is 0 Å². The van der Waals surface area contributed by atoms with E-state index in [2.05, 4.69) is 116 Å². The van der Waals surface area contributed by atoms with Crippen molar-refractivity contribution in [3.63, 3.8) is 0 Å². The van der Waals surface area contributed by atoms with Crippen LogP contribution in [0.5, 0.6) is 0 Å². The van der Waals surface area contributed by atoms with Crippen LogP contribution in [0.3, 0.4) is 0 Å². The van der Waals surface area contributed by atoms with E-state index in [1.54, 1.807) is 0 Å². The van der Waals surface area contributed by atoms with Gasteiger partial charge in [0.05, 0.1) is 0 Å². The summed E-state index contributed by atoms with van der Waals surface area (Å²) in [4.78, 5) is 0. The Morgan fingerprint density at radius 2 is 1.03 bits per heavy atom. The average molecular weight is 533 g/mol. The topological polar surface area (TPSA) is 9.72 Å². The molecule has 1 fully saturated rings. The molecule has 0 bridgehead atoms. The van der Waals surface area contributed by atoms with Crippen molar-refractivity contribution in [1.82, 2.24) is 4.67 Å². The molecule has 0 atom stereocenters. The summed E-state index contributed by atoms with van der Waals surface area (Å²) < 4.78 is 7.99. The van der Waals surface area contributed by atoms with Gasteiger partial charge in [-0.1, -0.05) is 0 Å². The molecule has 6 rings (SSSR count). The SMILES string of the molecule is CN1c2ccc3ccccc3c2-c2c(ccc3ccccc23)N(C)[P+]1([Se])N1CCCCCCC1. The zero-order valence-electron chi connectivity index (χ0n) is 20.1. The Kier molecular flexibility index (Phi) is 5.82. The molecule has 0 unspecified atom stereocenters. The summed E-state index contributed by atoms with van der Waals surface area (Å²) in [6.07, 6.45) is 4.66. The van der Waals surface area contributed by atoms with E-state index in [0.717, 1.165) is 13.1 Å². The molecule has 34 heavy (non-hydrogen) atoms. The van der Waals surface area contributed by atoms with Crippen molar-refractivity contribution in [2.75, 3.05) is 36.5 Å². The molecular weight excluding hydrogens is 500 g/mol. The van der Waals surface area contributed by atoms with Crippen molar-refractivity contribution in [3.05, 3.63) is 72.8 Å². The summed E-state index contributed by atoms with van der Waals surface area (Å²) in [5.41, 5.74) is 5.39. The molecule has 0 N–H and O–H groups in total. The number of rotatable bonds is 1. The first kappa shape index (κ1) is 22.4. The zero-order valence-corrected chi connectivity index (χ0v) is 22.7. The molecule has 5 heteroatoms. The van der Waals surface area contributed by atoms with Crippen LogP contribution in [-0.4, -0.2) is 47.4 Å². The molecule has 4 aromatic carbocycles. The van der Waals surface area contributed by atoms with E-state index >= 15 is 0 Å². The number of nitrogens with zero attached hydrogens (tertiary/aromatic N) is 3. The van der Waals surface area contributed by atoms with Crippen molar-refractivity contribution in [2.45, 2.75) is 32.1 Å². The zero-order chi connectivity index (χ0) is 23.3. The van der Waals surface area contributed by atoms with Crippen molar-refractivity contribution < 1.29 is 0 Å². The average Bonchev–Trinajstić information content (AvgIpc) is 2.92. The third kappa shape index (κ3) is 3.39. The molecule has 0 spiro atoms. The number of hydrogen-bond donors (Lipinski definition) is 0. The van der Waals surface area contributed by atoms with E-state index in [1.165, 1.54) is 76.2 Å². The number of anilines is 2. The Balaban J connectivity index is 1.69. The van der Waals surface area contributed by atoms with Gasteiger partial charge in [0, 0.05) is 0 Å². The number of benzene rings is 4. The van der Waals surface area contributed by atoms with Gasteiger partial charge >= 0.3 is 212 Å². The maximum atomic E-state index is 3.82. The van der Waals surface area contributed by atoms with Crippen LogP contribution in [0, 0.1) is 0 Å². The van der Waals surface area contributed by atoms with Crippen molar-refractivity contribution in [2.24, 2.45) is 0 Å². The normalized spacial score (nSPS) is 18.8. The Labute approximate surface area is 211 Å². The Bertz CT molecular complexity index is 1270. The molecule has 0 amide bonds. The summed E-state index contributed by atoms with van der Waals surface area (Å²) in [7, 11) is 4.64. The fraction of sp³-hybridized carbons (Fsp3) is 0.310. The first-order chi connectivity index (χ1) is 16.6. The first-order valence-corrected chi connectivity index (χ1v) is 16.3. The molecule has 0 aromatic heterocycles. The first-order valence-electron chi connectivity index (χ1n) is 12.5. The van der Waals surface area contributed by atoms with E-state index in [1.807, 2.05) is 0 Å². The van der Waals surface area contributed by atoms with Crippen molar-refractivity contribution in [1.29, 1.82) is 0 Å². The fourth-order valence-corrected chi connectivity index (χ4v) is 10.9. The molecule has 173 valence electrons. The minimum absolute atomic E-state index is 1.15. The van der Waals surface area contributed by atoms with Gasteiger partial charge in [-0.05, 0) is 0 Å². The molecule has 2 heterocycles. The quantitative estimate of drug-likeness (QED) is 0.184. The van der Waals surface area contributed by atoms with Crippen molar-refractivity contribution >= 4 is 54.9 Å². The Hall–Kier alpha value is -2.09. The summed E-state index contributed by atoms with van der Waals surface area (Å²) in [5.74, 6) is 0. The summed E-state index contributed by atoms with van der Waals surface area (Å²) in [5, 5.41) is 5.26.